The van der Waals surface area contributed by atoms with Crippen molar-refractivity contribution in [2.75, 3.05) is 0 Å². The lowest BCUT2D eigenvalue weighted by atomic mass is 10.0. The molecule has 1 atom stereocenters. The Labute approximate surface area is 212 Å². The maximum Gasteiger partial charge on any atom is 0.416 e. The molecule has 1 unspecified atom stereocenters. The minimum Gasteiger partial charge on any atom is -0.489 e. The molecule has 0 saturated carbocycles. The Kier molecular flexibility index (Phi) is 7.59. The van der Waals surface area contributed by atoms with Crippen molar-refractivity contribution >= 4 is 11.0 Å². The molecule has 37 heavy (non-hydrogen) atoms. The minimum atomic E-state index is -4.46. The van der Waals surface area contributed by atoms with Crippen LogP contribution in [0.1, 0.15) is 60.8 Å². The SMILES string of the molecule is CC(C)c1cc(=O)c2c(OC(C)c3ccccc3CO)cc(OCc3cccc(C(F)(F)F)c3)cc2o1. The number of ether oxygens (including phenoxy) is 2. The van der Waals surface area contributed by atoms with Crippen molar-refractivity contribution in [2.45, 2.75) is 52.2 Å². The van der Waals surface area contributed by atoms with E-state index in [0.29, 0.717) is 16.9 Å². The van der Waals surface area contributed by atoms with Gasteiger partial charge < -0.3 is 19.0 Å². The van der Waals surface area contributed by atoms with E-state index in [-0.39, 0.29) is 47.0 Å². The van der Waals surface area contributed by atoms with Crippen LogP contribution in [0.4, 0.5) is 13.2 Å². The minimum absolute atomic E-state index is 0.0495. The zero-order chi connectivity index (χ0) is 26.7. The van der Waals surface area contributed by atoms with Gasteiger partial charge >= 0.3 is 6.18 Å². The molecule has 3 aromatic carbocycles. The Bertz CT molecular complexity index is 1460. The van der Waals surface area contributed by atoms with Gasteiger partial charge in [-0.1, -0.05) is 50.2 Å². The molecule has 0 fully saturated rings. The standard InChI is InChI=1S/C29H27F3O5/c1-17(2)25-14-24(34)28-26(36-18(3)23-10-5-4-8-20(23)15-33)12-22(13-27(28)37-25)35-16-19-7-6-9-21(11-19)29(30,31)32/h4-14,17-18,33H,15-16H2,1-3H3. The molecule has 8 heteroatoms. The van der Waals surface area contributed by atoms with Crippen molar-refractivity contribution < 1.29 is 32.2 Å². The highest BCUT2D eigenvalue weighted by Crippen LogP contribution is 2.35. The first-order chi connectivity index (χ1) is 17.6. The average molecular weight is 513 g/mol. The molecule has 0 saturated heterocycles. The van der Waals surface area contributed by atoms with Crippen molar-refractivity contribution in [3.8, 4) is 11.5 Å². The maximum absolute atomic E-state index is 13.1. The van der Waals surface area contributed by atoms with Gasteiger partial charge in [0.2, 0.25) is 0 Å². The summed E-state index contributed by atoms with van der Waals surface area (Å²) in [6, 6.07) is 16.6. The summed E-state index contributed by atoms with van der Waals surface area (Å²) in [7, 11) is 0. The first-order valence-corrected chi connectivity index (χ1v) is 11.8. The van der Waals surface area contributed by atoms with Gasteiger partial charge in [0.1, 0.15) is 40.9 Å². The lowest BCUT2D eigenvalue weighted by molar-refractivity contribution is -0.137. The third-order valence-corrected chi connectivity index (χ3v) is 5.98. The summed E-state index contributed by atoms with van der Waals surface area (Å²) in [6.07, 6.45) is -4.99. The molecular formula is C29H27F3O5. The van der Waals surface area contributed by atoms with E-state index in [1.54, 1.807) is 19.1 Å². The second kappa shape index (κ2) is 10.7. The van der Waals surface area contributed by atoms with Gasteiger partial charge in [-0.3, -0.25) is 4.79 Å². The van der Waals surface area contributed by atoms with Crippen LogP contribution in [0.25, 0.3) is 11.0 Å². The van der Waals surface area contributed by atoms with Crippen LogP contribution in [-0.4, -0.2) is 5.11 Å². The Morgan fingerprint density at radius 3 is 2.43 bits per heavy atom. The molecule has 1 N–H and O–H groups in total. The summed E-state index contributed by atoms with van der Waals surface area (Å²) in [6.45, 7) is 5.27. The van der Waals surface area contributed by atoms with Crippen LogP contribution < -0.4 is 14.9 Å². The predicted octanol–water partition coefficient (Wildman–Crippen LogP) is 7.15. The summed E-state index contributed by atoms with van der Waals surface area (Å²) in [5, 5.41) is 9.94. The van der Waals surface area contributed by atoms with E-state index in [2.05, 4.69) is 0 Å². The maximum atomic E-state index is 13.1. The molecular weight excluding hydrogens is 485 g/mol. The van der Waals surface area contributed by atoms with Gasteiger partial charge in [0.25, 0.3) is 0 Å². The van der Waals surface area contributed by atoms with Gasteiger partial charge in [-0.2, -0.15) is 13.2 Å². The second-order valence-electron chi connectivity index (χ2n) is 9.07. The van der Waals surface area contributed by atoms with Crippen molar-refractivity contribution in [2.24, 2.45) is 0 Å². The van der Waals surface area contributed by atoms with Crippen LogP contribution in [0, 0.1) is 0 Å². The fourth-order valence-electron chi connectivity index (χ4n) is 4.04. The van der Waals surface area contributed by atoms with Gasteiger partial charge in [0.05, 0.1) is 12.2 Å². The smallest absolute Gasteiger partial charge is 0.416 e. The Morgan fingerprint density at radius 2 is 1.73 bits per heavy atom. The molecule has 1 aromatic heterocycles. The van der Waals surface area contributed by atoms with Crippen molar-refractivity contribution in [1.82, 2.24) is 0 Å². The van der Waals surface area contributed by atoms with Crippen LogP contribution in [-0.2, 0) is 19.4 Å². The Morgan fingerprint density at radius 1 is 0.973 bits per heavy atom. The van der Waals surface area contributed by atoms with Crippen LogP contribution in [0.3, 0.4) is 0 Å². The first kappa shape index (κ1) is 26.3. The highest BCUT2D eigenvalue weighted by atomic mass is 19.4. The molecule has 4 rings (SSSR count). The second-order valence-corrected chi connectivity index (χ2v) is 9.07. The van der Waals surface area contributed by atoms with E-state index in [1.807, 2.05) is 32.0 Å². The lowest BCUT2D eigenvalue weighted by Crippen LogP contribution is -2.11. The number of benzene rings is 3. The number of rotatable bonds is 8. The summed E-state index contributed by atoms with van der Waals surface area (Å²) in [4.78, 5) is 13.1. The first-order valence-electron chi connectivity index (χ1n) is 11.8. The molecule has 0 aliphatic rings. The number of aliphatic hydroxyl groups is 1. The topological polar surface area (TPSA) is 68.9 Å². The molecule has 0 bridgehead atoms. The summed E-state index contributed by atoms with van der Waals surface area (Å²) < 4.78 is 57.3. The largest absolute Gasteiger partial charge is 0.489 e. The van der Waals surface area contributed by atoms with Crippen LogP contribution in [0.5, 0.6) is 11.5 Å². The van der Waals surface area contributed by atoms with Gasteiger partial charge in [-0.05, 0) is 35.7 Å². The number of alkyl halides is 3. The number of halogens is 3. The normalized spacial score (nSPS) is 12.6. The molecule has 4 aromatic rings. The molecule has 5 nitrogen and oxygen atoms in total. The van der Waals surface area contributed by atoms with Crippen LogP contribution in [0.15, 0.2) is 75.9 Å². The number of aliphatic hydroxyl groups excluding tert-OH is 1. The number of hydrogen-bond acceptors (Lipinski definition) is 5. The highest BCUT2D eigenvalue weighted by molar-refractivity contribution is 5.85. The molecule has 0 spiro atoms. The van der Waals surface area contributed by atoms with E-state index >= 15 is 0 Å². The Balaban J connectivity index is 1.73. The monoisotopic (exact) mass is 512 g/mol. The van der Waals surface area contributed by atoms with Gasteiger partial charge in [-0.15, -0.1) is 0 Å². The average Bonchev–Trinajstić information content (AvgIpc) is 2.86. The molecule has 0 aliphatic carbocycles. The molecule has 0 amide bonds. The van der Waals surface area contributed by atoms with Gasteiger partial charge in [0.15, 0.2) is 5.43 Å². The molecule has 0 aliphatic heterocycles. The fourth-order valence-corrected chi connectivity index (χ4v) is 4.04. The summed E-state index contributed by atoms with van der Waals surface area (Å²) >= 11 is 0. The van der Waals surface area contributed by atoms with Crippen molar-refractivity contribution in [1.29, 1.82) is 0 Å². The lowest BCUT2D eigenvalue weighted by Gasteiger charge is -2.20. The van der Waals surface area contributed by atoms with E-state index in [4.69, 9.17) is 13.9 Å². The zero-order valence-corrected chi connectivity index (χ0v) is 20.6. The van der Waals surface area contributed by atoms with Crippen molar-refractivity contribution in [3.05, 3.63) is 105 Å². The van der Waals surface area contributed by atoms with E-state index in [0.717, 1.165) is 17.7 Å². The van der Waals surface area contributed by atoms with Gasteiger partial charge in [0, 0.05) is 24.1 Å². The van der Waals surface area contributed by atoms with Gasteiger partial charge in [-0.25, -0.2) is 0 Å². The molecule has 1 heterocycles. The van der Waals surface area contributed by atoms with Crippen molar-refractivity contribution in [3.63, 3.8) is 0 Å². The molecule has 0 radical (unpaired) electrons. The number of hydrogen-bond donors (Lipinski definition) is 1. The van der Waals surface area contributed by atoms with Crippen LogP contribution in [0.2, 0.25) is 0 Å². The zero-order valence-electron chi connectivity index (χ0n) is 20.6. The van der Waals surface area contributed by atoms with E-state index in [9.17, 15) is 23.1 Å². The Hall–Kier alpha value is -3.78. The number of fused-ring (bicyclic) bond motifs is 1. The summed E-state index contributed by atoms with van der Waals surface area (Å²) in [5.41, 5.74) is 0.963. The van der Waals surface area contributed by atoms with Crippen LogP contribution >= 0.6 is 0 Å². The quantitative estimate of drug-likeness (QED) is 0.272. The fraction of sp³-hybridized carbons (Fsp3) is 0.276. The third kappa shape index (κ3) is 5.97. The van der Waals surface area contributed by atoms with E-state index in [1.165, 1.54) is 24.3 Å². The molecule has 194 valence electrons. The summed E-state index contributed by atoms with van der Waals surface area (Å²) in [5.74, 6) is 0.913. The van der Waals surface area contributed by atoms with E-state index < -0.39 is 17.8 Å². The highest BCUT2D eigenvalue weighted by Gasteiger charge is 2.30. The third-order valence-electron chi connectivity index (χ3n) is 5.98. The predicted molar refractivity (Wildman–Crippen MR) is 134 cm³/mol.